The van der Waals surface area contributed by atoms with Crippen LogP contribution in [-0.2, 0) is 4.79 Å². The second kappa shape index (κ2) is 2.21. The third-order valence-electron chi connectivity index (χ3n) is 3.66. The zero-order valence-electron chi connectivity index (χ0n) is 8.05. The lowest BCUT2D eigenvalue weighted by Gasteiger charge is -2.04. The molecule has 0 aromatic heterocycles. The summed E-state index contributed by atoms with van der Waals surface area (Å²) >= 11 is 0. The van der Waals surface area contributed by atoms with Crippen LogP contribution in [0.5, 0.6) is 0 Å². The van der Waals surface area contributed by atoms with E-state index in [0.29, 0.717) is 17.1 Å². The fraction of sp³-hybridized carbons (Fsp3) is 0.727. The van der Waals surface area contributed by atoms with E-state index in [1.807, 2.05) is 6.08 Å². The molecule has 1 fully saturated rings. The van der Waals surface area contributed by atoms with Crippen molar-refractivity contribution in [1.29, 1.82) is 0 Å². The van der Waals surface area contributed by atoms with E-state index in [4.69, 9.17) is 0 Å². The van der Waals surface area contributed by atoms with Crippen LogP contribution in [0.25, 0.3) is 0 Å². The Labute approximate surface area is 73.8 Å². The van der Waals surface area contributed by atoms with E-state index in [1.165, 1.54) is 5.57 Å². The number of hydrogen-bond donors (Lipinski definition) is 0. The Kier molecular flexibility index (Phi) is 1.48. The van der Waals surface area contributed by atoms with Gasteiger partial charge in [-0.15, -0.1) is 0 Å². The molecule has 0 aromatic carbocycles. The maximum atomic E-state index is 11.3. The van der Waals surface area contributed by atoms with Crippen LogP contribution in [-0.4, -0.2) is 5.78 Å². The van der Waals surface area contributed by atoms with E-state index >= 15 is 0 Å². The van der Waals surface area contributed by atoms with Crippen LogP contribution in [0, 0.1) is 17.3 Å². The monoisotopic (exact) mass is 164 g/mol. The summed E-state index contributed by atoms with van der Waals surface area (Å²) in [6.07, 6.45) is 3.76. The van der Waals surface area contributed by atoms with E-state index in [9.17, 15) is 4.79 Å². The Hall–Kier alpha value is -0.590. The van der Waals surface area contributed by atoms with Crippen molar-refractivity contribution in [3.05, 3.63) is 11.6 Å². The molecule has 66 valence electrons. The molecule has 2 aliphatic rings. The molecule has 0 heterocycles. The molecule has 0 amide bonds. The normalized spacial score (nSPS) is 38.2. The predicted octanol–water partition coefficient (Wildman–Crippen LogP) is 2.57. The second-order valence-electron chi connectivity index (χ2n) is 4.90. The van der Waals surface area contributed by atoms with Gasteiger partial charge in [0.25, 0.3) is 0 Å². The fourth-order valence-electron chi connectivity index (χ4n) is 2.62. The molecule has 0 bridgehead atoms. The summed E-state index contributed by atoms with van der Waals surface area (Å²) in [6.45, 7) is 6.65. The number of carbonyl (C=O) groups excluding carboxylic acids is 1. The van der Waals surface area contributed by atoms with Gasteiger partial charge in [-0.3, -0.25) is 4.79 Å². The topological polar surface area (TPSA) is 17.1 Å². The smallest absolute Gasteiger partial charge is 0.155 e. The first-order chi connectivity index (χ1) is 5.51. The number of fused-ring (bicyclic) bond motifs is 1. The molecule has 2 atom stereocenters. The molecule has 2 aliphatic carbocycles. The van der Waals surface area contributed by atoms with Crippen molar-refractivity contribution < 1.29 is 4.79 Å². The van der Waals surface area contributed by atoms with E-state index < -0.39 is 0 Å². The summed E-state index contributed by atoms with van der Waals surface area (Å²) in [5.74, 6) is 1.78. The largest absolute Gasteiger partial charge is 0.295 e. The van der Waals surface area contributed by atoms with Crippen LogP contribution >= 0.6 is 0 Å². The molecule has 12 heavy (non-hydrogen) atoms. The highest BCUT2D eigenvalue weighted by molar-refractivity contribution is 5.91. The molecule has 1 saturated carbocycles. The first kappa shape index (κ1) is 8.03. The maximum absolute atomic E-state index is 11.3. The molecule has 1 nitrogen and oxygen atoms in total. The van der Waals surface area contributed by atoms with Crippen molar-refractivity contribution >= 4 is 5.78 Å². The van der Waals surface area contributed by atoms with Gasteiger partial charge in [-0.05, 0) is 36.7 Å². The zero-order chi connectivity index (χ0) is 8.93. The molecule has 0 aromatic rings. The molecule has 0 spiro atoms. The Morgan fingerprint density at radius 3 is 2.58 bits per heavy atom. The lowest BCUT2D eigenvalue weighted by Crippen LogP contribution is -2.00. The third kappa shape index (κ3) is 1.03. The van der Waals surface area contributed by atoms with Crippen LogP contribution in [0.15, 0.2) is 11.6 Å². The summed E-state index contributed by atoms with van der Waals surface area (Å²) in [5.41, 5.74) is 1.71. The van der Waals surface area contributed by atoms with Gasteiger partial charge in [-0.25, -0.2) is 0 Å². The Bertz CT molecular complexity index is 260. The molecular weight excluding hydrogens is 148 g/mol. The summed E-state index contributed by atoms with van der Waals surface area (Å²) < 4.78 is 0. The van der Waals surface area contributed by atoms with Crippen molar-refractivity contribution in [3.8, 4) is 0 Å². The zero-order valence-corrected chi connectivity index (χ0v) is 8.05. The Morgan fingerprint density at radius 2 is 1.92 bits per heavy atom. The molecule has 0 aliphatic heterocycles. The lowest BCUT2D eigenvalue weighted by molar-refractivity contribution is -0.115. The highest BCUT2D eigenvalue weighted by Crippen LogP contribution is 2.63. The predicted molar refractivity (Wildman–Crippen MR) is 48.8 cm³/mol. The van der Waals surface area contributed by atoms with Crippen molar-refractivity contribution in [1.82, 2.24) is 0 Å². The van der Waals surface area contributed by atoms with Crippen LogP contribution in [0.4, 0.5) is 0 Å². The summed E-state index contributed by atoms with van der Waals surface area (Å²) in [7, 11) is 0. The Morgan fingerprint density at radius 1 is 1.33 bits per heavy atom. The van der Waals surface area contributed by atoms with Gasteiger partial charge in [-0.1, -0.05) is 19.4 Å². The first-order valence-corrected chi connectivity index (χ1v) is 4.72. The van der Waals surface area contributed by atoms with Crippen molar-refractivity contribution in [2.24, 2.45) is 17.3 Å². The second-order valence-corrected chi connectivity index (χ2v) is 4.90. The number of rotatable bonds is 0. The fourth-order valence-corrected chi connectivity index (χ4v) is 2.62. The number of ketones is 1. The van der Waals surface area contributed by atoms with Gasteiger partial charge in [-0.2, -0.15) is 0 Å². The third-order valence-corrected chi connectivity index (χ3v) is 3.66. The molecule has 2 unspecified atom stereocenters. The highest BCUT2D eigenvalue weighted by Gasteiger charge is 2.57. The molecule has 1 heteroatoms. The van der Waals surface area contributed by atoms with Crippen molar-refractivity contribution in [2.45, 2.75) is 33.6 Å². The standard InChI is InChI=1S/C11H16O/c1-7-4-8(12)6-10-9(5-7)11(10,2)3/h4,9-10H,5-6H2,1-3H3. The van der Waals surface area contributed by atoms with Gasteiger partial charge in [0, 0.05) is 6.42 Å². The van der Waals surface area contributed by atoms with E-state index in [-0.39, 0.29) is 0 Å². The molecule has 0 saturated heterocycles. The average Bonchev–Trinajstić information content (AvgIpc) is 2.45. The van der Waals surface area contributed by atoms with Gasteiger partial charge in [0.15, 0.2) is 5.78 Å². The number of hydrogen-bond acceptors (Lipinski definition) is 1. The average molecular weight is 164 g/mol. The van der Waals surface area contributed by atoms with E-state index in [2.05, 4.69) is 20.8 Å². The van der Waals surface area contributed by atoms with E-state index in [0.717, 1.165) is 18.8 Å². The highest BCUT2D eigenvalue weighted by atomic mass is 16.1. The maximum Gasteiger partial charge on any atom is 0.155 e. The number of allylic oxidation sites excluding steroid dienone is 2. The van der Waals surface area contributed by atoms with Crippen LogP contribution < -0.4 is 0 Å². The minimum Gasteiger partial charge on any atom is -0.295 e. The Balaban J connectivity index is 2.21. The van der Waals surface area contributed by atoms with Crippen molar-refractivity contribution in [2.75, 3.05) is 0 Å². The summed E-state index contributed by atoms with van der Waals surface area (Å²) in [4.78, 5) is 11.3. The minimum absolute atomic E-state index is 0.338. The SMILES string of the molecule is CC1=CC(=O)CC2C(C1)C2(C)C. The van der Waals surface area contributed by atoms with Crippen LogP contribution in [0.2, 0.25) is 0 Å². The van der Waals surface area contributed by atoms with Gasteiger partial charge < -0.3 is 0 Å². The quantitative estimate of drug-likeness (QED) is 0.537. The van der Waals surface area contributed by atoms with Gasteiger partial charge in [0.1, 0.15) is 0 Å². The van der Waals surface area contributed by atoms with Gasteiger partial charge in [0.2, 0.25) is 0 Å². The minimum atomic E-state index is 0.338. The van der Waals surface area contributed by atoms with Gasteiger partial charge in [0.05, 0.1) is 0 Å². The van der Waals surface area contributed by atoms with Crippen LogP contribution in [0.1, 0.15) is 33.6 Å². The van der Waals surface area contributed by atoms with E-state index in [1.54, 1.807) is 0 Å². The first-order valence-electron chi connectivity index (χ1n) is 4.72. The van der Waals surface area contributed by atoms with Gasteiger partial charge >= 0.3 is 0 Å². The number of carbonyl (C=O) groups is 1. The molecule has 0 radical (unpaired) electrons. The molecular formula is C11H16O. The molecule has 0 N–H and O–H groups in total. The van der Waals surface area contributed by atoms with Crippen LogP contribution in [0.3, 0.4) is 0 Å². The molecule has 2 rings (SSSR count). The summed E-state index contributed by atoms with van der Waals surface area (Å²) in [5, 5.41) is 0. The van der Waals surface area contributed by atoms with Crippen molar-refractivity contribution in [3.63, 3.8) is 0 Å². The summed E-state index contributed by atoms with van der Waals surface area (Å²) in [6, 6.07) is 0. The lowest BCUT2D eigenvalue weighted by atomic mass is 10.0.